The van der Waals surface area contributed by atoms with Crippen LogP contribution in [-0.4, -0.2) is 30.2 Å². The van der Waals surface area contributed by atoms with Crippen molar-refractivity contribution in [1.29, 1.82) is 0 Å². The molecule has 9 nitrogen and oxygen atoms in total. The topological polar surface area (TPSA) is 103 Å². The molecule has 9 heteroatoms. The van der Waals surface area contributed by atoms with E-state index in [1.54, 1.807) is 26.6 Å². The highest BCUT2D eigenvalue weighted by Gasteiger charge is 2.19. The molecule has 0 saturated heterocycles. The molecule has 0 aliphatic heterocycles. The Morgan fingerprint density at radius 2 is 1.78 bits per heavy atom. The third-order valence-corrected chi connectivity index (χ3v) is 5.67. The van der Waals surface area contributed by atoms with Crippen molar-refractivity contribution in [2.75, 3.05) is 24.4 Å². The van der Waals surface area contributed by atoms with E-state index < -0.39 is 6.09 Å². The summed E-state index contributed by atoms with van der Waals surface area (Å²) in [5.41, 5.74) is 3.72. The van der Waals surface area contributed by atoms with Crippen molar-refractivity contribution in [1.82, 2.24) is 9.97 Å². The van der Waals surface area contributed by atoms with E-state index >= 15 is 0 Å². The predicted octanol–water partition coefficient (Wildman–Crippen LogP) is 6.52. The molecule has 2 aromatic heterocycles. The quantitative estimate of drug-likeness (QED) is 0.259. The zero-order valence-corrected chi connectivity index (χ0v) is 20.3. The first-order valence-corrected chi connectivity index (χ1v) is 11.5. The van der Waals surface area contributed by atoms with Crippen LogP contribution in [0.5, 0.6) is 5.75 Å². The Balaban J connectivity index is 1.32. The first-order chi connectivity index (χ1) is 18.1. The van der Waals surface area contributed by atoms with Crippen LogP contribution in [0, 0.1) is 0 Å². The summed E-state index contributed by atoms with van der Waals surface area (Å²) in [7, 11) is 3.24. The number of para-hydroxylation sites is 1. The van der Waals surface area contributed by atoms with Crippen molar-refractivity contribution >= 4 is 23.5 Å². The van der Waals surface area contributed by atoms with Gasteiger partial charge in [-0.15, -0.1) is 0 Å². The summed E-state index contributed by atoms with van der Waals surface area (Å²) in [6.07, 6.45) is 4.11. The van der Waals surface area contributed by atoms with Crippen LogP contribution in [0.2, 0.25) is 0 Å². The van der Waals surface area contributed by atoms with Gasteiger partial charge in [0.15, 0.2) is 17.9 Å². The molecular weight excluding hydrogens is 472 g/mol. The number of methoxy groups -OCH3 is 1. The van der Waals surface area contributed by atoms with Crippen LogP contribution in [0.1, 0.15) is 5.56 Å². The molecular formula is C28H24N4O5. The molecule has 1 N–H and O–H groups in total. The average Bonchev–Trinajstić information content (AvgIpc) is 3.65. The van der Waals surface area contributed by atoms with Crippen molar-refractivity contribution in [2.45, 2.75) is 6.61 Å². The lowest BCUT2D eigenvalue weighted by atomic mass is 10.1. The van der Waals surface area contributed by atoms with E-state index in [1.807, 2.05) is 72.8 Å². The third kappa shape index (κ3) is 5.30. The number of nitrogens with zero attached hydrogens (tertiary/aromatic N) is 3. The number of anilines is 3. The second-order valence-corrected chi connectivity index (χ2v) is 8.05. The summed E-state index contributed by atoms with van der Waals surface area (Å²) in [6.45, 7) is 0.182. The van der Waals surface area contributed by atoms with Crippen LogP contribution in [0.25, 0.3) is 22.6 Å². The summed E-state index contributed by atoms with van der Waals surface area (Å²) in [4.78, 5) is 22.5. The predicted molar refractivity (Wildman–Crippen MR) is 139 cm³/mol. The monoisotopic (exact) mass is 496 g/mol. The largest absolute Gasteiger partial charge is 0.496 e. The van der Waals surface area contributed by atoms with Crippen molar-refractivity contribution in [3.05, 3.63) is 97.1 Å². The van der Waals surface area contributed by atoms with Crippen molar-refractivity contribution in [3.8, 4) is 28.4 Å². The fourth-order valence-corrected chi connectivity index (χ4v) is 3.79. The van der Waals surface area contributed by atoms with Gasteiger partial charge in [-0.3, -0.25) is 4.90 Å². The van der Waals surface area contributed by atoms with E-state index in [0.29, 0.717) is 34.2 Å². The Labute approximate surface area is 213 Å². The van der Waals surface area contributed by atoms with Crippen LogP contribution in [0.4, 0.5) is 22.2 Å². The Kier molecular flexibility index (Phi) is 6.84. The molecule has 2 heterocycles. The molecule has 5 rings (SSSR count). The molecule has 0 fully saturated rings. The number of amides is 1. The molecule has 0 saturated carbocycles. The fourth-order valence-electron chi connectivity index (χ4n) is 3.79. The highest BCUT2D eigenvalue weighted by atomic mass is 16.6. The average molecular weight is 497 g/mol. The summed E-state index contributed by atoms with van der Waals surface area (Å²) < 4.78 is 22.3. The number of hydrogen-bond donors (Lipinski definition) is 1. The molecule has 0 aliphatic rings. The number of carbonyl (C=O) groups excluding carboxylic acids is 1. The van der Waals surface area contributed by atoms with Crippen LogP contribution < -0.4 is 15.0 Å². The van der Waals surface area contributed by atoms with Crippen LogP contribution in [0.3, 0.4) is 0 Å². The molecule has 0 aliphatic carbocycles. The fraction of sp³-hybridized carbons (Fsp3) is 0.107. The van der Waals surface area contributed by atoms with E-state index in [0.717, 1.165) is 11.1 Å². The second kappa shape index (κ2) is 10.7. The number of hydrogen-bond acceptors (Lipinski definition) is 8. The Morgan fingerprint density at radius 1 is 0.973 bits per heavy atom. The Morgan fingerprint density at radius 3 is 2.57 bits per heavy atom. The molecule has 0 radical (unpaired) electrons. The van der Waals surface area contributed by atoms with Crippen molar-refractivity contribution in [2.24, 2.45) is 0 Å². The molecule has 0 bridgehead atoms. The zero-order chi connectivity index (χ0) is 25.6. The van der Waals surface area contributed by atoms with Gasteiger partial charge >= 0.3 is 6.09 Å². The van der Waals surface area contributed by atoms with Gasteiger partial charge in [-0.2, -0.15) is 0 Å². The van der Waals surface area contributed by atoms with Gasteiger partial charge in [0.1, 0.15) is 12.4 Å². The standard InChI is InChI=1S/C28H24N4O5/c1-32(28(33)35-17-19-8-4-3-5-9-19)23-11-7-6-10-21(23)26-16-30-27(37-26)31-20-12-13-22(24(14-20)34-2)25-15-29-18-36-25/h3-16,18H,17H2,1-2H3,(H,30,31). The van der Waals surface area contributed by atoms with E-state index in [-0.39, 0.29) is 12.6 Å². The summed E-state index contributed by atoms with van der Waals surface area (Å²) >= 11 is 0. The van der Waals surface area contributed by atoms with Crippen LogP contribution in [0.15, 0.2) is 100 Å². The van der Waals surface area contributed by atoms with Crippen molar-refractivity contribution < 1.29 is 23.1 Å². The number of benzene rings is 3. The van der Waals surface area contributed by atoms with Crippen LogP contribution >= 0.6 is 0 Å². The third-order valence-electron chi connectivity index (χ3n) is 5.67. The van der Waals surface area contributed by atoms with E-state index in [1.165, 1.54) is 11.3 Å². The molecule has 0 spiro atoms. The van der Waals surface area contributed by atoms with Gasteiger partial charge in [0.05, 0.1) is 30.8 Å². The SMILES string of the molecule is COc1cc(Nc2ncc(-c3ccccc3N(C)C(=O)OCc3ccccc3)o2)ccc1-c1cnco1. The van der Waals surface area contributed by atoms with Gasteiger partial charge < -0.3 is 23.6 Å². The molecule has 0 unspecified atom stereocenters. The highest BCUT2D eigenvalue weighted by Crippen LogP contribution is 2.35. The van der Waals surface area contributed by atoms with Gasteiger partial charge in [0.25, 0.3) is 6.01 Å². The molecule has 0 atom stereocenters. The molecule has 1 amide bonds. The number of nitrogens with one attached hydrogen (secondary N) is 1. The maximum Gasteiger partial charge on any atom is 0.414 e. The molecule has 37 heavy (non-hydrogen) atoms. The Bertz CT molecular complexity index is 1480. The minimum Gasteiger partial charge on any atom is -0.496 e. The number of ether oxygens (including phenoxy) is 2. The van der Waals surface area contributed by atoms with E-state index in [2.05, 4.69) is 15.3 Å². The van der Waals surface area contributed by atoms with Crippen LogP contribution in [-0.2, 0) is 11.3 Å². The first-order valence-electron chi connectivity index (χ1n) is 11.5. The minimum absolute atomic E-state index is 0.182. The highest BCUT2D eigenvalue weighted by molar-refractivity contribution is 5.92. The number of rotatable bonds is 8. The molecule has 3 aromatic carbocycles. The van der Waals surface area contributed by atoms with Gasteiger partial charge in [0.2, 0.25) is 0 Å². The van der Waals surface area contributed by atoms with Gasteiger partial charge in [-0.05, 0) is 29.8 Å². The summed E-state index contributed by atoms with van der Waals surface area (Å²) in [5.74, 6) is 1.70. The van der Waals surface area contributed by atoms with Crippen molar-refractivity contribution in [3.63, 3.8) is 0 Å². The maximum absolute atomic E-state index is 12.7. The van der Waals surface area contributed by atoms with Gasteiger partial charge in [-0.1, -0.05) is 42.5 Å². The summed E-state index contributed by atoms with van der Waals surface area (Å²) in [6, 6.07) is 22.7. The minimum atomic E-state index is -0.479. The van der Waals surface area contributed by atoms with E-state index in [9.17, 15) is 4.79 Å². The molecule has 186 valence electrons. The first kappa shape index (κ1) is 23.7. The summed E-state index contributed by atoms with van der Waals surface area (Å²) in [5, 5.41) is 3.14. The lowest BCUT2D eigenvalue weighted by Gasteiger charge is -2.19. The zero-order valence-electron chi connectivity index (χ0n) is 20.3. The van der Waals surface area contributed by atoms with E-state index in [4.69, 9.17) is 18.3 Å². The number of aromatic nitrogens is 2. The van der Waals surface area contributed by atoms with Gasteiger partial charge in [0, 0.05) is 24.4 Å². The second-order valence-electron chi connectivity index (χ2n) is 8.05. The normalized spacial score (nSPS) is 10.6. The lowest BCUT2D eigenvalue weighted by Crippen LogP contribution is -2.27. The smallest absolute Gasteiger partial charge is 0.414 e. The Hall–Kier alpha value is -5.05. The maximum atomic E-state index is 12.7. The number of oxazole rings is 2. The van der Waals surface area contributed by atoms with Gasteiger partial charge in [-0.25, -0.2) is 14.8 Å². The number of carbonyl (C=O) groups is 1. The lowest BCUT2D eigenvalue weighted by molar-refractivity contribution is 0.148. The molecule has 5 aromatic rings.